The molecule has 0 saturated heterocycles. The predicted molar refractivity (Wildman–Crippen MR) is 66.7 cm³/mol. The van der Waals surface area contributed by atoms with Crippen molar-refractivity contribution >= 4 is 11.2 Å². The van der Waals surface area contributed by atoms with Gasteiger partial charge in [0, 0.05) is 23.5 Å². The molecular formula is C13H11N3O. The smallest absolute Gasteiger partial charge is 0.146 e. The van der Waals surface area contributed by atoms with E-state index in [4.69, 9.17) is 5.73 Å². The van der Waals surface area contributed by atoms with Crippen molar-refractivity contribution in [3.05, 3.63) is 48.8 Å². The fourth-order valence-electron chi connectivity index (χ4n) is 1.89. The summed E-state index contributed by atoms with van der Waals surface area (Å²) in [4.78, 5) is 4.34. The molecule has 1 aromatic carbocycles. The second-order valence-electron chi connectivity index (χ2n) is 3.85. The molecule has 4 heteroatoms. The summed E-state index contributed by atoms with van der Waals surface area (Å²) in [5.41, 5.74) is 8.34. The van der Waals surface area contributed by atoms with Crippen LogP contribution in [0.2, 0.25) is 0 Å². The Labute approximate surface area is 98.0 Å². The zero-order valence-electron chi connectivity index (χ0n) is 9.04. The molecule has 2 heterocycles. The fraction of sp³-hybridized carbons (Fsp3) is 0. The molecule has 0 radical (unpaired) electrons. The number of hydrogen-bond acceptors (Lipinski definition) is 3. The van der Waals surface area contributed by atoms with Crippen molar-refractivity contribution in [2.45, 2.75) is 0 Å². The summed E-state index contributed by atoms with van der Waals surface area (Å²) in [6.45, 7) is 0. The van der Waals surface area contributed by atoms with Gasteiger partial charge < -0.3 is 10.8 Å². The first kappa shape index (κ1) is 9.72. The van der Waals surface area contributed by atoms with Crippen molar-refractivity contribution in [2.75, 3.05) is 5.73 Å². The Kier molecular flexibility index (Phi) is 2.01. The first-order valence-electron chi connectivity index (χ1n) is 5.26. The van der Waals surface area contributed by atoms with E-state index >= 15 is 0 Å². The number of fused-ring (bicyclic) bond motifs is 1. The molecule has 0 aliphatic heterocycles. The topological polar surface area (TPSA) is 63.5 Å². The van der Waals surface area contributed by atoms with Crippen LogP contribution in [0.4, 0.5) is 5.69 Å². The second-order valence-corrected chi connectivity index (χ2v) is 3.85. The first-order valence-corrected chi connectivity index (χ1v) is 5.26. The van der Waals surface area contributed by atoms with E-state index in [1.165, 1.54) is 0 Å². The Morgan fingerprint density at radius 3 is 2.82 bits per heavy atom. The third-order valence-electron chi connectivity index (χ3n) is 2.72. The lowest BCUT2D eigenvalue weighted by Crippen LogP contribution is -1.94. The Morgan fingerprint density at radius 2 is 2.00 bits per heavy atom. The summed E-state index contributed by atoms with van der Waals surface area (Å²) < 4.78 is 1.89. The maximum atomic E-state index is 9.40. The Bertz CT molecular complexity index is 688. The van der Waals surface area contributed by atoms with Crippen LogP contribution in [0.15, 0.2) is 48.8 Å². The van der Waals surface area contributed by atoms with Crippen LogP contribution in [0.3, 0.4) is 0 Å². The van der Waals surface area contributed by atoms with Gasteiger partial charge in [0.2, 0.25) is 0 Å². The van der Waals surface area contributed by atoms with E-state index in [1.807, 2.05) is 28.7 Å². The van der Waals surface area contributed by atoms with Crippen LogP contribution in [-0.2, 0) is 0 Å². The standard InChI is InChI=1S/C13H11N3O/c14-12-4-2-1-3-11(12)13-15-8-9-7-10(17)5-6-16(9)13/h1-8,17H,14H2. The first-order chi connectivity index (χ1) is 8.25. The van der Waals surface area contributed by atoms with E-state index in [0.29, 0.717) is 5.69 Å². The summed E-state index contributed by atoms with van der Waals surface area (Å²) in [6.07, 6.45) is 3.49. The van der Waals surface area contributed by atoms with E-state index in [9.17, 15) is 5.11 Å². The van der Waals surface area contributed by atoms with Crippen molar-refractivity contribution in [3.8, 4) is 17.1 Å². The minimum atomic E-state index is 0.227. The molecule has 0 fully saturated rings. The van der Waals surface area contributed by atoms with Gasteiger partial charge in [0.15, 0.2) is 0 Å². The zero-order valence-corrected chi connectivity index (χ0v) is 9.04. The molecule has 0 saturated carbocycles. The number of nitrogen functional groups attached to an aromatic ring is 1. The van der Waals surface area contributed by atoms with Crippen molar-refractivity contribution < 1.29 is 5.11 Å². The van der Waals surface area contributed by atoms with Crippen molar-refractivity contribution in [1.82, 2.24) is 9.38 Å². The number of aromatic hydroxyl groups is 1. The summed E-state index contributed by atoms with van der Waals surface area (Å²) in [5.74, 6) is 1.00. The fourth-order valence-corrected chi connectivity index (χ4v) is 1.89. The monoisotopic (exact) mass is 225 g/mol. The van der Waals surface area contributed by atoms with Gasteiger partial charge >= 0.3 is 0 Å². The molecule has 17 heavy (non-hydrogen) atoms. The molecule has 0 aliphatic carbocycles. The number of benzene rings is 1. The van der Waals surface area contributed by atoms with Gasteiger partial charge in [0.1, 0.15) is 11.6 Å². The SMILES string of the molecule is Nc1ccccc1-c1ncc2cc(O)ccn12. The molecule has 0 aliphatic rings. The lowest BCUT2D eigenvalue weighted by atomic mass is 10.2. The number of nitrogens with zero attached hydrogens (tertiary/aromatic N) is 2. The maximum Gasteiger partial charge on any atom is 0.146 e. The van der Waals surface area contributed by atoms with E-state index in [0.717, 1.165) is 16.9 Å². The minimum absolute atomic E-state index is 0.227. The van der Waals surface area contributed by atoms with Crippen molar-refractivity contribution in [2.24, 2.45) is 0 Å². The molecule has 0 unspecified atom stereocenters. The molecule has 0 spiro atoms. The molecule has 3 aromatic rings. The summed E-state index contributed by atoms with van der Waals surface area (Å²) in [7, 11) is 0. The number of imidazole rings is 1. The van der Waals surface area contributed by atoms with Crippen LogP contribution in [0.1, 0.15) is 0 Å². The highest BCUT2D eigenvalue weighted by Gasteiger charge is 2.08. The highest BCUT2D eigenvalue weighted by Crippen LogP contribution is 2.26. The second kappa shape index (κ2) is 3.52. The number of nitrogens with two attached hydrogens (primary N) is 1. The van der Waals surface area contributed by atoms with Crippen molar-refractivity contribution in [3.63, 3.8) is 0 Å². The van der Waals surface area contributed by atoms with Crippen LogP contribution in [0, 0.1) is 0 Å². The molecule has 84 valence electrons. The molecular weight excluding hydrogens is 214 g/mol. The Hall–Kier alpha value is -2.49. The number of hydrogen-bond donors (Lipinski definition) is 2. The third-order valence-corrected chi connectivity index (χ3v) is 2.72. The van der Waals surface area contributed by atoms with Gasteiger partial charge in [-0.15, -0.1) is 0 Å². The van der Waals surface area contributed by atoms with Gasteiger partial charge in [0.05, 0.1) is 11.7 Å². The molecule has 4 nitrogen and oxygen atoms in total. The Balaban J connectivity index is 2.29. The number of para-hydroxylation sites is 1. The molecule has 0 bridgehead atoms. The maximum absolute atomic E-state index is 9.40. The normalized spacial score (nSPS) is 10.8. The summed E-state index contributed by atoms with van der Waals surface area (Å²) in [6, 6.07) is 10.9. The van der Waals surface area contributed by atoms with Crippen LogP contribution >= 0.6 is 0 Å². The highest BCUT2D eigenvalue weighted by atomic mass is 16.3. The minimum Gasteiger partial charge on any atom is -0.508 e. The third kappa shape index (κ3) is 1.50. The van der Waals surface area contributed by atoms with E-state index < -0.39 is 0 Å². The van der Waals surface area contributed by atoms with Gasteiger partial charge in [-0.1, -0.05) is 12.1 Å². The van der Waals surface area contributed by atoms with Gasteiger partial charge in [0.25, 0.3) is 0 Å². The quantitative estimate of drug-likeness (QED) is 0.624. The number of rotatable bonds is 1. The number of anilines is 1. The van der Waals surface area contributed by atoms with Gasteiger partial charge in [-0.2, -0.15) is 0 Å². The zero-order chi connectivity index (χ0) is 11.8. The average molecular weight is 225 g/mol. The van der Waals surface area contributed by atoms with Crippen LogP contribution < -0.4 is 5.73 Å². The molecule has 3 N–H and O–H groups in total. The molecule has 0 amide bonds. The van der Waals surface area contributed by atoms with Crippen LogP contribution in [-0.4, -0.2) is 14.5 Å². The number of aromatic nitrogens is 2. The van der Waals surface area contributed by atoms with E-state index in [1.54, 1.807) is 24.5 Å². The van der Waals surface area contributed by atoms with Crippen LogP contribution in [0.5, 0.6) is 5.75 Å². The lowest BCUT2D eigenvalue weighted by Gasteiger charge is -2.04. The molecule has 3 rings (SSSR count). The predicted octanol–water partition coefficient (Wildman–Crippen LogP) is 2.29. The lowest BCUT2D eigenvalue weighted by molar-refractivity contribution is 0.475. The van der Waals surface area contributed by atoms with Gasteiger partial charge in [-0.05, 0) is 18.2 Å². The molecule has 0 atom stereocenters. The highest BCUT2D eigenvalue weighted by molar-refractivity contribution is 5.74. The van der Waals surface area contributed by atoms with Gasteiger partial charge in [-0.3, -0.25) is 4.40 Å². The van der Waals surface area contributed by atoms with E-state index in [-0.39, 0.29) is 5.75 Å². The van der Waals surface area contributed by atoms with Crippen molar-refractivity contribution in [1.29, 1.82) is 0 Å². The van der Waals surface area contributed by atoms with Crippen LogP contribution in [0.25, 0.3) is 16.9 Å². The van der Waals surface area contributed by atoms with E-state index in [2.05, 4.69) is 4.98 Å². The summed E-state index contributed by atoms with van der Waals surface area (Å²) in [5, 5.41) is 9.40. The Morgan fingerprint density at radius 1 is 1.18 bits per heavy atom. The molecule has 2 aromatic heterocycles. The largest absolute Gasteiger partial charge is 0.508 e. The van der Waals surface area contributed by atoms with Gasteiger partial charge in [-0.25, -0.2) is 4.98 Å². The summed E-state index contributed by atoms with van der Waals surface area (Å²) >= 11 is 0. The average Bonchev–Trinajstić information content (AvgIpc) is 2.72. The number of pyridine rings is 1.